The second-order valence-electron chi connectivity index (χ2n) is 6.86. The Balaban J connectivity index is 1.56. The Kier molecular flexibility index (Phi) is 6.96. The summed E-state index contributed by atoms with van der Waals surface area (Å²) in [5.74, 6) is -0.445. The molecule has 0 saturated carbocycles. The van der Waals surface area contributed by atoms with E-state index in [1.807, 2.05) is 54.6 Å². The second-order valence-corrected chi connectivity index (χ2v) is 6.86. The molecule has 0 radical (unpaired) electrons. The number of amides is 1. The van der Waals surface area contributed by atoms with E-state index >= 15 is 0 Å². The quantitative estimate of drug-likeness (QED) is 0.603. The summed E-state index contributed by atoms with van der Waals surface area (Å²) >= 11 is 0. The third-order valence-corrected chi connectivity index (χ3v) is 4.66. The third-order valence-electron chi connectivity index (χ3n) is 4.66. The molecule has 1 amide bonds. The fraction of sp³-hybridized carbons (Fsp3) is 0.160. The molecule has 3 rings (SSSR count). The van der Waals surface area contributed by atoms with Crippen LogP contribution >= 0.6 is 0 Å². The summed E-state index contributed by atoms with van der Waals surface area (Å²) in [4.78, 5) is 23.2. The summed E-state index contributed by atoms with van der Waals surface area (Å²) in [6.45, 7) is 2.22. The monoisotopic (exact) mass is 398 g/mol. The lowest BCUT2D eigenvalue weighted by molar-refractivity contribution is -0.118. The molecule has 0 aliphatic rings. The normalized spacial score (nSPS) is 10.1. The van der Waals surface area contributed by atoms with Gasteiger partial charge in [-0.1, -0.05) is 54.6 Å². The van der Waals surface area contributed by atoms with Crippen molar-refractivity contribution in [2.75, 3.05) is 6.54 Å². The van der Waals surface area contributed by atoms with E-state index in [-0.39, 0.29) is 18.5 Å². The van der Waals surface area contributed by atoms with Crippen LogP contribution in [0.4, 0.5) is 0 Å². The van der Waals surface area contributed by atoms with Gasteiger partial charge in [-0.25, -0.2) is 4.79 Å². The summed E-state index contributed by atoms with van der Waals surface area (Å²) < 4.78 is 5.41. The Bertz CT molecular complexity index is 1060. The van der Waals surface area contributed by atoms with Gasteiger partial charge in [0.05, 0.1) is 17.2 Å². The summed E-state index contributed by atoms with van der Waals surface area (Å²) in [5, 5.41) is 12.0. The Labute approximate surface area is 175 Å². The fourth-order valence-corrected chi connectivity index (χ4v) is 3.04. The van der Waals surface area contributed by atoms with Gasteiger partial charge < -0.3 is 10.1 Å². The van der Waals surface area contributed by atoms with Crippen molar-refractivity contribution < 1.29 is 14.3 Å². The summed E-state index contributed by atoms with van der Waals surface area (Å²) in [6, 6.07) is 24.4. The number of nitrogens with one attached hydrogen (secondary N) is 1. The highest BCUT2D eigenvalue weighted by Gasteiger charge is 2.08. The van der Waals surface area contributed by atoms with Crippen molar-refractivity contribution in [1.29, 1.82) is 5.26 Å². The topological polar surface area (TPSA) is 79.2 Å². The lowest BCUT2D eigenvalue weighted by Crippen LogP contribution is -2.22. The van der Waals surface area contributed by atoms with Gasteiger partial charge in [0, 0.05) is 13.5 Å². The molecule has 0 aromatic heterocycles. The zero-order valence-electron chi connectivity index (χ0n) is 16.7. The van der Waals surface area contributed by atoms with E-state index in [4.69, 9.17) is 4.74 Å². The lowest BCUT2D eigenvalue weighted by Gasteiger charge is -2.08. The van der Waals surface area contributed by atoms with Crippen LogP contribution in [-0.2, 0) is 22.6 Å². The average molecular weight is 398 g/mol. The number of benzene rings is 3. The zero-order chi connectivity index (χ0) is 21.3. The van der Waals surface area contributed by atoms with Crippen LogP contribution in [0.3, 0.4) is 0 Å². The summed E-state index contributed by atoms with van der Waals surface area (Å²) in [7, 11) is 0. The molecule has 150 valence electrons. The van der Waals surface area contributed by atoms with E-state index in [0.717, 1.165) is 22.3 Å². The first kappa shape index (κ1) is 20.8. The van der Waals surface area contributed by atoms with E-state index in [1.165, 1.54) is 6.92 Å². The number of nitriles is 1. The van der Waals surface area contributed by atoms with Gasteiger partial charge >= 0.3 is 5.97 Å². The maximum atomic E-state index is 12.3. The molecule has 0 fully saturated rings. The molecule has 5 heteroatoms. The molecule has 1 N–H and O–H groups in total. The maximum Gasteiger partial charge on any atom is 0.338 e. The first-order chi connectivity index (χ1) is 14.6. The zero-order valence-corrected chi connectivity index (χ0v) is 16.7. The second kappa shape index (κ2) is 10.0. The standard InChI is InChI=1S/C25H22N2O3/c1-18(28)27-15-14-19-6-12-22(13-7-19)25(29)30-17-20-8-10-21(11-9-20)24-5-3-2-4-23(24)16-26/h2-13H,14-15,17H2,1H3,(H,27,28). The molecule has 5 nitrogen and oxygen atoms in total. The van der Waals surface area contributed by atoms with Gasteiger partial charge in [-0.2, -0.15) is 5.26 Å². The number of nitrogens with zero attached hydrogens (tertiary/aromatic N) is 1. The van der Waals surface area contributed by atoms with Crippen molar-refractivity contribution in [3.8, 4) is 17.2 Å². The van der Waals surface area contributed by atoms with Crippen LogP contribution in [0.15, 0.2) is 72.8 Å². The van der Waals surface area contributed by atoms with Crippen molar-refractivity contribution >= 4 is 11.9 Å². The van der Waals surface area contributed by atoms with Gasteiger partial charge in [0.2, 0.25) is 5.91 Å². The first-order valence-electron chi connectivity index (χ1n) is 9.66. The van der Waals surface area contributed by atoms with Crippen molar-refractivity contribution in [3.63, 3.8) is 0 Å². The Morgan fingerprint density at radius 3 is 2.27 bits per heavy atom. The van der Waals surface area contributed by atoms with Crippen LogP contribution in [0.25, 0.3) is 11.1 Å². The molecule has 3 aromatic carbocycles. The lowest BCUT2D eigenvalue weighted by atomic mass is 9.99. The molecule has 0 atom stereocenters. The predicted octanol–water partition coefficient (Wildman–Crippen LogP) is 4.26. The van der Waals surface area contributed by atoms with E-state index in [2.05, 4.69) is 11.4 Å². The van der Waals surface area contributed by atoms with Crippen LogP contribution < -0.4 is 5.32 Å². The van der Waals surface area contributed by atoms with Crippen molar-refractivity contribution in [1.82, 2.24) is 5.32 Å². The Morgan fingerprint density at radius 1 is 0.933 bits per heavy atom. The van der Waals surface area contributed by atoms with Crippen molar-refractivity contribution in [3.05, 3.63) is 95.1 Å². The van der Waals surface area contributed by atoms with Crippen LogP contribution in [-0.4, -0.2) is 18.4 Å². The number of hydrogen-bond acceptors (Lipinski definition) is 4. The van der Waals surface area contributed by atoms with Gasteiger partial charge in [0.1, 0.15) is 6.61 Å². The fourth-order valence-electron chi connectivity index (χ4n) is 3.04. The maximum absolute atomic E-state index is 12.3. The van der Waals surface area contributed by atoms with E-state index in [0.29, 0.717) is 24.1 Å². The number of carbonyl (C=O) groups is 2. The van der Waals surface area contributed by atoms with Crippen LogP contribution in [0.2, 0.25) is 0 Å². The highest BCUT2D eigenvalue weighted by atomic mass is 16.5. The van der Waals surface area contributed by atoms with Gasteiger partial charge in [-0.05, 0) is 46.9 Å². The molecule has 0 spiro atoms. The molecule has 3 aromatic rings. The Morgan fingerprint density at radius 2 is 1.60 bits per heavy atom. The molecule has 0 heterocycles. The number of rotatable bonds is 7. The number of hydrogen-bond donors (Lipinski definition) is 1. The number of carbonyl (C=O) groups excluding carboxylic acids is 2. The molecule has 0 unspecified atom stereocenters. The highest BCUT2D eigenvalue weighted by Crippen LogP contribution is 2.23. The van der Waals surface area contributed by atoms with Gasteiger partial charge in [0.15, 0.2) is 0 Å². The van der Waals surface area contributed by atoms with Crippen LogP contribution in [0.1, 0.15) is 34.0 Å². The van der Waals surface area contributed by atoms with Crippen molar-refractivity contribution in [2.24, 2.45) is 0 Å². The van der Waals surface area contributed by atoms with Gasteiger partial charge in [-0.3, -0.25) is 4.79 Å². The molecular formula is C25H22N2O3. The molecule has 0 bridgehead atoms. The molecule has 0 saturated heterocycles. The van der Waals surface area contributed by atoms with E-state index in [1.54, 1.807) is 18.2 Å². The summed E-state index contributed by atoms with van der Waals surface area (Å²) in [6.07, 6.45) is 0.705. The first-order valence-corrected chi connectivity index (χ1v) is 9.66. The minimum absolute atomic E-state index is 0.0579. The molecular weight excluding hydrogens is 376 g/mol. The predicted molar refractivity (Wildman–Crippen MR) is 115 cm³/mol. The number of ether oxygens (including phenoxy) is 1. The largest absolute Gasteiger partial charge is 0.457 e. The minimum atomic E-state index is -0.387. The molecule has 30 heavy (non-hydrogen) atoms. The Hall–Kier alpha value is -3.91. The van der Waals surface area contributed by atoms with E-state index in [9.17, 15) is 14.9 Å². The molecule has 0 aliphatic carbocycles. The smallest absolute Gasteiger partial charge is 0.338 e. The van der Waals surface area contributed by atoms with Crippen LogP contribution in [0.5, 0.6) is 0 Å². The van der Waals surface area contributed by atoms with Gasteiger partial charge in [0.25, 0.3) is 0 Å². The number of esters is 1. The summed E-state index contributed by atoms with van der Waals surface area (Å²) in [5.41, 5.74) is 4.83. The third kappa shape index (κ3) is 5.55. The minimum Gasteiger partial charge on any atom is -0.457 e. The average Bonchev–Trinajstić information content (AvgIpc) is 2.78. The van der Waals surface area contributed by atoms with Crippen LogP contribution in [0, 0.1) is 11.3 Å². The van der Waals surface area contributed by atoms with E-state index < -0.39 is 0 Å². The van der Waals surface area contributed by atoms with Gasteiger partial charge in [-0.15, -0.1) is 0 Å². The highest BCUT2D eigenvalue weighted by molar-refractivity contribution is 5.89. The van der Waals surface area contributed by atoms with Crippen molar-refractivity contribution in [2.45, 2.75) is 20.0 Å². The molecule has 0 aliphatic heterocycles. The SMILES string of the molecule is CC(=O)NCCc1ccc(C(=O)OCc2ccc(-c3ccccc3C#N)cc2)cc1.